The van der Waals surface area contributed by atoms with E-state index < -0.39 is 23.4 Å². The van der Waals surface area contributed by atoms with Crippen LogP contribution in [0.25, 0.3) is 16.8 Å². The molecule has 1 aliphatic rings. The van der Waals surface area contributed by atoms with E-state index in [0.29, 0.717) is 36.5 Å². The molecule has 1 saturated heterocycles. The number of nitrogens with one attached hydrogen (secondary N) is 1. The number of rotatable bonds is 4. The lowest BCUT2D eigenvalue weighted by molar-refractivity contribution is -0.00119. The van der Waals surface area contributed by atoms with Gasteiger partial charge in [0.15, 0.2) is 5.65 Å². The van der Waals surface area contributed by atoms with Crippen molar-refractivity contribution < 1.29 is 24.2 Å². The first-order valence-corrected chi connectivity index (χ1v) is 12.7. The Hall–Kier alpha value is -3.67. The number of nitrogens with zero attached hydrogens (tertiary/aromatic N) is 6. The maximum Gasteiger partial charge on any atom is 0.413 e. The van der Waals surface area contributed by atoms with Gasteiger partial charge in [-0.05, 0) is 54.4 Å². The second-order valence-electron chi connectivity index (χ2n) is 11.6. The molecule has 0 aliphatic carbocycles. The van der Waals surface area contributed by atoms with E-state index in [1.807, 2.05) is 34.0 Å². The normalized spacial score (nSPS) is 18.5. The van der Waals surface area contributed by atoms with Crippen LogP contribution in [0.4, 0.5) is 15.4 Å². The molecule has 0 spiro atoms. The Morgan fingerprint density at radius 2 is 1.79 bits per heavy atom. The monoisotopic (exact) mass is 527 g/mol. The van der Waals surface area contributed by atoms with E-state index in [2.05, 4.69) is 15.5 Å². The number of ether oxygens (including phenoxy) is 2. The van der Waals surface area contributed by atoms with Crippen LogP contribution in [0, 0.1) is 0 Å². The molecule has 2 N–H and O–H groups in total. The fraction of sp³-hybridized carbons (Fsp3) is 0.577. The van der Waals surface area contributed by atoms with Crippen molar-refractivity contribution in [1.29, 1.82) is 0 Å². The topological polar surface area (TPSA) is 136 Å². The molecule has 3 aromatic heterocycles. The molecule has 0 aromatic carbocycles. The third kappa shape index (κ3) is 6.24. The predicted molar refractivity (Wildman–Crippen MR) is 141 cm³/mol. The summed E-state index contributed by atoms with van der Waals surface area (Å²) in [6.07, 6.45) is 5.45. The Labute approximate surface area is 221 Å². The third-order valence-corrected chi connectivity index (χ3v) is 6.10. The standard InChI is InChI=1S/C26H37N7O5/c1-25(2,3)37-23(35)30-21-10-20(29-22-19(12-28-33(21)22)17-11-27-31(7)13-17)16-8-9-18(15-34)32(14-16)24(36)38-26(4,5)6/h10-13,16,18,34H,8-9,14-15H2,1-7H3,(H,30,35)/t16?,18-/m0/s1. The Morgan fingerprint density at radius 1 is 1.08 bits per heavy atom. The first-order chi connectivity index (χ1) is 17.7. The lowest BCUT2D eigenvalue weighted by Gasteiger charge is -2.39. The SMILES string of the molecule is Cn1cc(-c2cnn3c(NC(=O)OC(C)(C)C)cc(C4CC[C@@H](CO)N(C(=O)OC(C)(C)C)C4)nc23)cn1. The van der Waals surface area contributed by atoms with Gasteiger partial charge < -0.3 is 19.5 Å². The highest BCUT2D eigenvalue weighted by Gasteiger charge is 2.35. The Bertz CT molecular complexity index is 1320. The lowest BCUT2D eigenvalue weighted by atomic mass is 9.90. The number of aliphatic hydroxyl groups is 1. The van der Waals surface area contributed by atoms with Gasteiger partial charge in [0.25, 0.3) is 0 Å². The zero-order valence-electron chi connectivity index (χ0n) is 23.1. The first-order valence-electron chi connectivity index (χ1n) is 12.7. The molecule has 0 saturated carbocycles. The molecule has 3 aromatic rings. The fourth-order valence-electron chi connectivity index (χ4n) is 4.45. The van der Waals surface area contributed by atoms with Crippen molar-refractivity contribution in [1.82, 2.24) is 29.3 Å². The first kappa shape index (κ1) is 27.4. The molecule has 0 radical (unpaired) electrons. The maximum absolute atomic E-state index is 13.0. The molecule has 38 heavy (non-hydrogen) atoms. The molecule has 1 aliphatic heterocycles. The number of hydrogen-bond acceptors (Lipinski definition) is 8. The van der Waals surface area contributed by atoms with Crippen molar-refractivity contribution in [3.63, 3.8) is 0 Å². The van der Waals surface area contributed by atoms with Crippen molar-refractivity contribution in [2.75, 3.05) is 18.5 Å². The van der Waals surface area contributed by atoms with E-state index >= 15 is 0 Å². The van der Waals surface area contributed by atoms with Crippen molar-refractivity contribution in [3.05, 3.63) is 30.4 Å². The number of carbonyl (C=O) groups excluding carboxylic acids is 2. The van der Waals surface area contributed by atoms with E-state index in [1.165, 1.54) is 0 Å². The van der Waals surface area contributed by atoms with Crippen molar-refractivity contribution in [3.8, 4) is 11.1 Å². The van der Waals surface area contributed by atoms with E-state index in [4.69, 9.17) is 14.5 Å². The van der Waals surface area contributed by atoms with E-state index in [0.717, 1.165) is 11.1 Å². The minimum atomic E-state index is -0.680. The number of amides is 2. The van der Waals surface area contributed by atoms with Gasteiger partial charge in [-0.3, -0.25) is 10.00 Å². The highest BCUT2D eigenvalue weighted by molar-refractivity contribution is 5.85. The maximum atomic E-state index is 13.0. The molecule has 1 fully saturated rings. The number of anilines is 1. The minimum Gasteiger partial charge on any atom is -0.444 e. The van der Waals surface area contributed by atoms with Gasteiger partial charge in [-0.15, -0.1) is 0 Å². The number of aliphatic hydroxyl groups excluding tert-OH is 1. The van der Waals surface area contributed by atoms with Crippen molar-refractivity contribution in [2.45, 2.75) is 77.5 Å². The molecule has 4 rings (SSSR count). The summed E-state index contributed by atoms with van der Waals surface area (Å²) in [4.78, 5) is 32.2. The molecule has 1 unspecified atom stereocenters. The molecular weight excluding hydrogens is 490 g/mol. The molecule has 2 amide bonds. The third-order valence-electron chi connectivity index (χ3n) is 6.10. The average Bonchev–Trinajstić information content (AvgIpc) is 3.42. The highest BCUT2D eigenvalue weighted by Crippen LogP contribution is 2.33. The lowest BCUT2D eigenvalue weighted by Crippen LogP contribution is -2.49. The van der Waals surface area contributed by atoms with Crippen LogP contribution in [-0.2, 0) is 16.5 Å². The van der Waals surface area contributed by atoms with Gasteiger partial charge in [-0.2, -0.15) is 14.7 Å². The van der Waals surface area contributed by atoms with Gasteiger partial charge >= 0.3 is 12.2 Å². The van der Waals surface area contributed by atoms with Crippen molar-refractivity contribution in [2.24, 2.45) is 7.05 Å². The van der Waals surface area contributed by atoms with E-state index in [-0.39, 0.29) is 18.6 Å². The molecule has 4 heterocycles. The van der Waals surface area contributed by atoms with E-state index in [9.17, 15) is 14.7 Å². The number of aromatic nitrogens is 5. The van der Waals surface area contributed by atoms with Crippen molar-refractivity contribution >= 4 is 23.7 Å². The van der Waals surface area contributed by atoms with Crippen LogP contribution in [0.3, 0.4) is 0 Å². The summed E-state index contributed by atoms with van der Waals surface area (Å²) in [7, 11) is 1.83. The van der Waals surface area contributed by atoms with Crippen LogP contribution in [0.1, 0.15) is 66.0 Å². The van der Waals surface area contributed by atoms with Gasteiger partial charge in [0.2, 0.25) is 0 Å². The van der Waals surface area contributed by atoms with Gasteiger partial charge in [0.1, 0.15) is 17.0 Å². The van der Waals surface area contributed by atoms with Crippen LogP contribution in [0.5, 0.6) is 0 Å². The molecule has 206 valence electrons. The quantitative estimate of drug-likeness (QED) is 0.520. The van der Waals surface area contributed by atoms with Crippen LogP contribution >= 0.6 is 0 Å². The summed E-state index contributed by atoms with van der Waals surface area (Å²) in [6.45, 7) is 11.0. The molecule has 2 atom stereocenters. The Morgan fingerprint density at radius 3 is 2.39 bits per heavy atom. The Balaban J connectivity index is 1.74. The number of carbonyl (C=O) groups is 2. The van der Waals surface area contributed by atoms with Crippen LogP contribution in [0.15, 0.2) is 24.7 Å². The Kier molecular flexibility index (Phi) is 7.37. The average molecular weight is 528 g/mol. The molecular formula is C26H37N7O5. The smallest absolute Gasteiger partial charge is 0.413 e. The van der Waals surface area contributed by atoms with Gasteiger partial charge in [0, 0.05) is 42.9 Å². The second kappa shape index (κ2) is 10.2. The zero-order chi connectivity index (χ0) is 27.8. The second-order valence-corrected chi connectivity index (χ2v) is 11.6. The summed E-state index contributed by atoms with van der Waals surface area (Å²) in [6, 6.07) is 1.42. The fourth-order valence-corrected chi connectivity index (χ4v) is 4.45. The van der Waals surface area contributed by atoms with Gasteiger partial charge in [0.05, 0.1) is 30.7 Å². The molecule has 12 nitrogen and oxygen atoms in total. The predicted octanol–water partition coefficient (Wildman–Crippen LogP) is 3.95. The summed E-state index contributed by atoms with van der Waals surface area (Å²) < 4.78 is 14.3. The molecule has 0 bridgehead atoms. The summed E-state index contributed by atoms with van der Waals surface area (Å²) in [5.41, 5.74) is 1.45. The zero-order valence-corrected chi connectivity index (χ0v) is 23.1. The number of aryl methyl sites for hydroxylation is 1. The van der Waals surface area contributed by atoms with E-state index in [1.54, 1.807) is 53.3 Å². The minimum absolute atomic E-state index is 0.155. The van der Waals surface area contributed by atoms with Gasteiger partial charge in [-0.1, -0.05) is 0 Å². The number of fused-ring (bicyclic) bond motifs is 1. The number of piperidine rings is 1. The summed E-state index contributed by atoms with van der Waals surface area (Å²) in [5, 5.41) is 21.5. The number of hydrogen-bond donors (Lipinski definition) is 2. The highest BCUT2D eigenvalue weighted by atomic mass is 16.6. The summed E-state index contributed by atoms with van der Waals surface area (Å²) in [5.74, 6) is 0.230. The molecule has 12 heteroatoms. The summed E-state index contributed by atoms with van der Waals surface area (Å²) >= 11 is 0. The van der Waals surface area contributed by atoms with Crippen LogP contribution in [-0.4, -0.2) is 77.0 Å². The van der Waals surface area contributed by atoms with Gasteiger partial charge in [-0.25, -0.2) is 14.6 Å². The number of likely N-dealkylation sites (tertiary alicyclic amines) is 1. The van der Waals surface area contributed by atoms with Crippen LogP contribution in [0.2, 0.25) is 0 Å². The largest absolute Gasteiger partial charge is 0.444 e. The van der Waals surface area contributed by atoms with Crippen LogP contribution < -0.4 is 5.32 Å².